The molecule has 1 aromatic heterocycles. The highest BCUT2D eigenvalue weighted by Gasteiger charge is 2.20. The second-order valence-electron chi connectivity index (χ2n) is 6.48. The number of aromatic nitrogens is 3. The van der Waals surface area contributed by atoms with Crippen molar-refractivity contribution in [3.05, 3.63) is 59.1 Å². The van der Waals surface area contributed by atoms with Crippen LogP contribution >= 0.6 is 23.4 Å². The maximum Gasteiger partial charge on any atom is 0.234 e. The molecule has 0 aliphatic rings. The summed E-state index contributed by atoms with van der Waals surface area (Å²) in [6, 6.07) is 10.8. The quantitative estimate of drug-likeness (QED) is 0.450. The number of nitrogens with one attached hydrogen (secondary N) is 1. The summed E-state index contributed by atoms with van der Waals surface area (Å²) in [5.74, 6) is 1.24. The van der Waals surface area contributed by atoms with Crippen LogP contribution in [0.3, 0.4) is 0 Å². The Bertz CT molecular complexity index is 1050. The van der Waals surface area contributed by atoms with Gasteiger partial charge in [0.25, 0.3) is 0 Å². The van der Waals surface area contributed by atoms with E-state index in [1.165, 1.54) is 31.0 Å². The van der Waals surface area contributed by atoms with Crippen LogP contribution in [0.5, 0.6) is 11.5 Å². The van der Waals surface area contributed by atoms with Gasteiger partial charge in [-0.3, -0.25) is 4.79 Å². The van der Waals surface area contributed by atoms with Crippen LogP contribution in [0, 0.1) is 5.82 Å². The number of thioether (sulfide) groups is 1. The van der Waals surface area contributed by atoms with E-state index < -0.39 is 6.10 Å². The summed E-state index contributed by atoms with van der Waals surface area (Å²) >= 11 is 7.27. The second-order valence-corrected chi connectivity index (χ2v) is 7.86. The molecule has 0 bridgehead atoms. The first-order valence-electron chi connectivity index (χ1n) is 9.52. The van der Waals surface area contributed by atoms with Crippen molar-refractivity contribution >= 4 is 35.0 Å². The summed E-state index contributed by atoms with van der Waals surface area (Å²) in [6.07, 6.45) is -0.406. The zero-order valence-corrected chi connectivity index (χ0v) is 18.8. The molecule has 0 saturated carbocycles. The molecule has 10 heteroatoms. The van der Waals surface area contributed by atoms with Gasteiger partial charge in [-0.05, 0) is 56.3 Å². The molecule has 0 radical (unpaired) electrons. The lowest BCUT2D eigenvalue weighted by Gasteiger charge is -2.15. The summed E-state index contributed by atoms with van der Waals surface area (Å²) in [7, 11) is 1.52. The Labute approximate surface area is 188 Å². The first kappa shape index (κ1) is 22.9. The van der Waals surface area contributed by atoms with E-state index in [1.807, 2.05) is 18.4 Å². The SMILES string of the molecule is CCn1c(SCC(=O)Nc2cc(Cl)ccc2OC)nnc1C(C)Oc1ccc(F)cc1. The number of methoxy groups -OCH3 is 1. The van der Waals surface area contributed by atoms with Crippen molar-refractivity contribution in [2.24, 2.45) is 0 Å². The molecular weight excluding hydrogens is 443 g/mol. The van der Waals surface area contributed by atoms with Crippen LogP contribution in [-0.2, 0) is 11.3 Å². The summed E-state index contributed by atoms with van der Waals surface area (Å²) in [5, 5.41) is 12.3. The average Bonchev–Trinajstić information content (AvgIpc) is 3.17. The third-order valence-corrected chi connectivity index (χ3v) is 5.52. The van der Waals surface area contributed by atoms with Gasteiger partial charge in [0.2, 0.25) is 5.91 Å². The Morgan fingerprint density at radius 3 is 2.68 bits per heavy atom. The zero-order chi connectivity index (χ0) is 22.4. The molecule has 0 saturated heterocycles. The Morgan fingerprint density at radius 2 is 2.00 bits per heavy atom. The average molecular weight is 465 g/mol. The van der Waals surface area contributed by atoms with E-state index in [0.29, 0.717) is 39.7 Å². The lowest BCUT2D eigenvalue weighted by atomic mass is 10.3. The predicted molar refractivity (Wildman–Crippen MR) is 118 cm³/mol. The van der Waals surface area contributed by atoms with E-state index in [9.17, 15) is 9.18 Å². The third-order valence-electron chi connectivity index (χ3n) is 4.32. The maximum atomic E-state index is 13.1. The van der Waals surface area contributed by atoms with Crippen LogP contribution in [0.25, 0.3) is 0 Å². The number of nitrogens with zero attached hydrogens (tertiary/aromatic N) is 3. The van der Waals surface area contributed by atoms with Crippen molar-refractivity contribution in [2.75, 3.05) is 18.2 Å². The highest BCUT2D eigenvalue weighted by Crippen LogP contribution is 2.29. The zero-order valence-electron chi connectivity index (χ0n) is 17.3. The maximum absolute atomic E-state index is 13.1. The Balaban J connectivity index is 1.64. The van der Waals surface area contributed by atoms with Gasteiger partial charge in [0, 0.05) is 11.6 Å². The number of hydrogen-bond donors (Lipinski definition) is 1. The first-order chi connectivity index (χ1) is 14.9. The highest BCUT2D eigenvalue weighted by molar-refractivity contribution is 7.99. The topological polar surface area (TPSA) is 78.3 Å². The number of hydrogen-bond acceptors (Lipinski definition) is 6. The highest BCUT2D eigenvalue weighted by atomic mass is 35.5. The molecule has 1 unspecified atom stereocenters. The molecule has 31 heavy (non-hydrogen) atoms. The molecule has 0 fully saturated rings. The van der Waals surface area contributed by atoms with E-state index >= 15 is 0 Å². The van der Waals surface area contributed by atoms with Crippen molar-refractivity contribution in [3.8, 4) is 11.5 Å². The molecule has 7 nitrogen and oxygen atoms in total. The van der Waals surface area contributed by atoms with E-state index in [2.05, 4.69) is 15.5 Å². The number of carbonyl (C=O) groups is 1. The van der Waals surface area contributed by atoms with Gasteiger partial charge < -0.3 is 19.4 Å². The minimum atomic E-state index is -0.406. The van der Waals surface area contributed by atoms with E-state index in [0.717, 1.165) is 0 Å². The fourth-order valence-electron chi connectivity index (χ4n) is 2.87. The lowest BCUT2D eigenvalue weighted by Crippen LogP contribution is -2.16. The van der Waals surface area contributed by atoms with Crippen molar-refractivity contribution < 1.29 is 18.7 Å². The molecule has 1 atom stereocenters. The van der Waals surface area contributed by atoms with Crippen molar-refractivity contribution in [3.63, 3.8) is 0 Å². The van der Waals surface area contributed by atoms with Gasteiger partial charge >= 0.3 is 0 Å². The van der Waals surface area contributed by atoms with E-state index in [4.69, 9.17) is 21.1 Å². The van der Waals surface area contributed by atoms with Gasteiger partial charge in [-0.1, -0.05) is 23.4 Å². The Morgan fingerprint density at radius 1 is 1.26 bits per heavy atom. The first-order valence-corrected chi connectivity index (χ1v) is 10.9. The number of rotatable bonds is 9. The fraction of sp³-hybridized carbons (Fsp3) is 0.286. The molecule has 0 spiro atoms. The number of carbonyl (C=O) groups excluding carboxylic acids is 1. The predicted octanol–water partition coefficient (Wildman–Crippen LogP) is 4.97. The van der Waals surface area contributed by atoms with Crippen LogP contribution < -0.4 is 14.8 Å². The third kappa shape index (κ3) is 5.89. The minimum absolute atomic E-state index is 0.126. The van der Waals surface area contributed by atoms with Crippen LogP contribution in [0.15, 0.2) is 47.6 Å². The van der Waals surface area contributed by atoms with Crippen LogP contribution in [0.4, 0.5) is 10.1 Å². The van der Waals surface area contributed by atoms with Gasteiger partial charge in [-0.2, -0.15) is 0 Å². The summed E-state index contributed by atoms with van der Waals surface area (Å²) < 4.78 is 26.1. The number of halogens is 2. The molecule has 164 valence electrons. The van der Waals surface area contributed by atoms with E-state index in [-0.39, 0.29) is 17.5 Å². The number of anilines is 1. The van der Waals surface area contributed by atoms with Crippen molar-refractivity contribution in [2.45, 2.75) is 31.7 Å². The summed E-state index contributed by atoms with van der Waals surface area (Å²) in [5.41, 5.74) is 0.500. The van der Waals surface area contributed by atoms with Gasteiger partial charge in [-0.25, -0.2) is 4.39 Å². The normalized spacial score (nSPS) is 11.8. The molecule has 3 aromatic rings. The summed E-state index contributed by atoms with van der Waals surface area (Å²) in [6.45, 7) is 4.40. The molecule has 3 rings (SSSR count). The minimum Gasteiger partial charge on any atom is -0.495 e. The van der Waals surface area contributed by atoms with E-state index in [1.54, 1.807) is 30.3 Å². The largest absolute Gasteiger partial charge is 0.495 e. The molecule has 0 aliphatic heterocycles. The number of ether oxygens (including phenoxy) is 2. The van der Waals surface area contributed by atoms with Gasteiger partial charge in [0.15, 0.2) is 17.1 Å². The second kappa shape index (κ2) is 10.5. The van der Waals surface area contributed by atoms with Gasteiger partial charge in [-0.15, -0.1) is 10.2 Å². The molecule has 0 aliphatic carbocycles. The Kier molecular flexibility index (Phi) is 7.75. The molecular formula is C21H22ClFN4O3S. The monoisotopic (exact) mass is 464 g/mol. The summed E-state index contributed by atoms with van der Waals surface area (Å²) in [4.78, 5) is 12.4. The standard InChI is InChI=1S/C21H22ClFN4O3S/c1-4-27-20(13(2)30-16-8-6-15(23)7-9-16)25-26-21(27)31-12-19(28)24-17-11-14(22)5-10-18(17)29-3/h5-11,13H,4,12H2,1-3H3,(H,24,28). The van der Waals surface area contributed by atoms with Gasteiger partial charge in [0.1, 0.15) is 17.3 Å². The molecule has 1 heterocycles. The molecule has 1 N–H and O–H groups in total. The number of benzene rings is 2. The van der Waals surface area contributed by atoms with Gasteiger partial charge in [0.05, 0.1) is 18.6 Å². The van der Waals surface area contributed by atoms with Crippen LogP contribution in [0.1, 0.15) is 25.8 Å². The molecule has 1 amide bonds. The van der Waals surface area contributed by atoms with Crippen molar-refractivity contribution in [1.29, 1.82) is 0 Å². The number of amides is 1. The Hall–Kier alpha value is -2.78. The fourth-order valence-corrected chi connectivity index (χ4v) is 3.85. The van der Waals surface area contributed by atoms with Crippen LogP contribution in [0.2, 0.25) is 5.02 Å². The lowest BCUT2D eigenvalue weighted by molar-refractivity contribution is -0.113. The van der Waals surface area contributed by atoms with Crippen LogP contribution in [-0.4, -0.2) is 33.5 Å². The van der Waals surface area contributed by atoms with Crippen molar-refractivity contribution in [1.82, 2.24) is 14.8 Å². The molecule has 2 aromatic carbocycles. The smallest absolute Gasteiger partial charge is 0.234 e.